The largest absolute Gasteiger partial charge is 0.497 e. The van der Waals surface area contributed by atoms with Gasteiger partial charge in [-0.15, -0.1) is 0 Å². The summed E-state index contributed by atoms with van der Waals surface area (Å²) in [6.07, 6.45) is 0.274. The average molecular weight is 584 g/mol. The molecule has 8 nitrogen and oxygen atoms in total. The number of hydrogen-bond donors (Lipinski definition) is 0. The van der Waals surface area contributed by atoms with Crippen molar-refractivity contribution >= 4 is 55.2 Å². The molecule has 0 spiro atoms. The molecule has 2 heterocycles. The topological polar surface area (TPSA) is 90.2 Å². The average Bonchev–Trinajstić information content (AvgIpc) is 3.37. The molecule has 10 heteroatoms. The Morgan fingerprint density at radius 2 is 1.44 bits per heavy atom. The minimum absolute atomic E-state index is 0.197. The number of rotatable bonds is 8. The fourth-order valence-corrected chi connectivity index (χ4v) is 6.52. The number of aryl methyl sites for hydroxylation is 1. The molecule has 206 valence electrons. The first-order valence-electron chi connectivity index (χ1n) is 13.0. The number of halogens is 1. The molecule has 0 aliphatic carbocycles. The second-order valence-electron chi connectivity index (χ2n) is 9.53. The highest BCUT2D eigenvalue weighted by Gasteiger charge is 2.25. The quantitative estimate of drug-likeness (QED) is 0.200. The number of anilines is 2. The summed E-state index contributed by atoms with van der Waals surface area (Å²) in [6.45, 7) is 2.24. The van der Waals surface area contributed by atoms with Crippen LogP contribution in [0.5, 0.6) is 5.75 Å². The van der Waals surface area contributed by atoms with E-state index in [4.69, 9.17) is 26.3 Å². The van der Waals surface area contributed by atoms with Crippen LogP contribution in [0.15, 0.2) is 102 Å². The van der Waals surface area contributed by atoms with E-state index in [2.05, 4.69) is 4.98 Å². The van der Waals surface area contributed by atoms with Gasteiger partial charge in [-0.2, -0.15) is 0 Å². The van der Waals surface area contributed by atoms with E-state index >= 15 is 0 Å². The summed E-state index contributed by atoms with van der Waals surface area (Å²) in [4.78, 5) is 16.3. The van der Waals surface area contributed by atoms with E-state index in [1.807, 2.05) is 78.6 Å². The predicted octanol–water partition coefficient (Wildman–Crippen LogP) is 6.57. The third-order valence-corrected chi connectivity index (χ3v) is 8.86. The molecular formula is C31H26ClN5O3S. The van der Waals surface area contributed by atoms with E-state index in [-0.39, 0.29) is 16.5 Å². The van der Waals surface area contributed by atoms with Gasteiger partial charge in [0.05, 0.1) is 34.1 Å². The van der Waals surface area contributed by atoms with Crippen molar-refractivity contribution in [3.8, 4) is 5.75 Å². The van der Waals surface area contributed by atoms with Crippen molar-refractivity contribution in [3.63, 3.8) is 0 Å². The van der Waals surface area contributed by atoms with Crippen LogP contribution in [-0.2, 0) is 16.4 Å². The number of aromatic nitrogens is 4. The van der Waals surface area contributed by atoms with Crippen LogP contribution in [0.3, 0.4) is 0 Å². The second kappa shape index (κ2) is 10.8. The van der Waals surface area contributed by atoms with Crippen LogP contribution in [0.2, 0.25) is 5.15 Å². The van der Waals surface area contributed by atoms with Crippen LogP contribution >= 0.6 is 11.6 Å². The molecule has 0 amide bonds. The minimum atomic E-state index is -3.93. The van der Waals surface area contributed by atoms with Crippen LogP contribution in [0.4, 0.5) is 11.5 Å². The van der Waals surface area contributed by atoms with Gasteiger partial charge < -0.3 is 9.64 Å². The van der Waals surface area contributed by atoms with E-state index in [1.165, 1.54) is 3.97 Å². The van der Waals surface area contributed by atoms with Gasteiger partial charge in [0.15, 0.2) is 11.0 Å². The van der Waals surface area contributed by atoms with Crippen LogP contribution in [0.25, 0.3) is 22.1 Å². The molecule has 0 N–H and O–H groups in total. The first-order valence-corrected chi connectivity index (χ1v) is 14.8. The monoisotopic (exact) mass is 583 g/mol. The molecule has 0 atom stereocenters. The Balaban J connectivity index is 1.45. The van der Waals surface area contributed by atoms with Crippen molar-refractivity contribution in [1.29, 1.82) is 0 Å². The number of benzene rings is 4. The van der Waals surface area contributed by atoms with Gasteiger partial charge in [0.25, 0.3) is 10.0 Å². The zero-order valence-electron chi connectivity index (χ0n) is 22.4. The third kappa shape index (κ3) is 5.10. The summed E-state index contributed by atoms with van der Waals surface area (Å²) in [5.41, 5.74) is 4.26. The molecular weight excluding hydrogens is 558 g/mol. The lowest BCUT2D eigenvalue weighted by atomic mass is 10.2. The van der Waals surface area contributed by atoms with Crippen molar-refractivity contribution in [3.05, 3.63) is 114 Å². The van der Waals surface area contributed by atoms with Crippen molar-refractivity contribution in [2.75, 3.05) is 18.6 Å². The van der Waals surface area contributed by atoms with Gasteiger partial charge in [-0.05, 0) is 67.6 Å². The summed E-state index contributed by atoms with van der Waals surface area (Å²) < 4.78 is 34.6. The third-order valence-electron chi connectivity index (χ3n) is 6.85. The Morgan fingerprint density at radius 1 is 0.805 bits per heavy atom. The molecule has 4 aromatic carbocycles. The van der Waals surface area contributed by atoms with Crippen molar-refractivity contribution in [1.82, 2.24) is 18.9 Å². The van der Waals surface area contributed by atoms with Gasteiger partial charge >= 0.3 is 0 Å². The Kier molecular flexibility index (Phi) is 7.07. The number of ether oxygens (including phenoxy) is 1. The summed E-state index contributed by atoms with van der Waals surface area (Å²) in [6, 6.07) is 29.1. The van der Waals surface area contributed by atoms with Crippen molar-refractivity contribution < 1.29 is 13.2 Å². The maximum atomic E-state index is 13.9. The fourth-order valence-electron chi connectivity index (χ4n) is 4.77. The van der Waals surface area contributed by atoms with Crippen LogP contribution in [0.1, 0.15) is 11.4 Å². The Bertz CT molecular complexity index is 1970. The summed E-state index contributed by atoms with van der Waals surface area (Å²) in [7, 11) is -2.32. The van der Waals surface area contributed by atoms with E-state index in [1.54, 1.807) is 37.4 Å². The minimum Gasteiger partial charge on any atom is -0.497 e. The standard InChI is InChI=1S/C31H26ClN5O3S/c1-21-11-17-24(18-12-21)41(38,39)37-28-10-6-5-9-27(28)33-29(37)19-20-36(22-13-15-23(40-2)16-14-22)31-30(32)34-25-7-3-4-8-26(25)35-31/h3-18H,19-20H2,1-2H3. The van der Waals surface area contributed by atoms with Crippen LogP contribution in [0, 0.1) is 6.92 Å². The van der Waals surface area contributed by atoms with Gasteiger partial charge in [-0.1, -0.05) is 53.6 Å². The highest BCUT2D eigenvalue weighted by Crippen LogP contribution is 2.33. The van der Waals surface area contributed by atoms with E-state index in [9.17, 15) is 8.42 Å². The molecule has 0 aliphatic rings. The Morgan fingerprint density at radius 3 is 2.12 bits per heavy atom. The lowest BCUT2D eigenvalue weighted by molar-refractivity contribution is 0.415. The molecule has 2 aromatic heterocycles. The van der Waals surface area contributed by atoms with Gasteiger partial charge in [0.2, 0.25) is 0 Å². The molecule has 0 saturated carbocycles. The van der Waals surface area contributed by atoms with Gasteiger partial charge in [0, 0.05) is 18.7 Å². The van der Waals surface area contributed by atoms with Crippen molar-refractivity contribution in [2.45, 2.75) is 18.2 Å². The molecule has 0 saturated heterocycles. The normalized spacial score (nSPS) is 11.7. The SMILES string of the molecule is COc1ccc(N(CCc2nc3ccccc3n2S(=O)(=O)c2ccc(C)cc2)c2nc3ccccc3nc2Cl)cc1. The zero-order chi connectivity index (χ0) is 28.6. The number of methoxy groups -OCH3 is 1. The second-order valence-corrected chi connectivity index (χ2v) is 11.7. The molecule has 41 heavy (non-hydrogen) atoms. The first kappa shape index (κ1) is 26.7. The highest BCUT2D eigenvalue weighted by molar-refractivity contribution is 7.90. The first-order chi connectivity index (χ1) is 19.8. The van der Waals surface area contributed by atoms with Crippen LogP contribution in [-0.4, -0.2) is 41.0 Å². The van der Waals surface area contributed by atoms with Gasteiger partial charge in [-0.25, -0.2) is 27.3 Å². The van der Waals surface area contributed by atoms with E-state index < -0.39 is 10.0 Å². The molecule has 0 unspecified atom stereocenters. The Hall–Kier alpha value is -4.47. The number of hydrogen-bond acceptors (Lipinski definition) is 7. The van der Waals surface area contributed by atoms with Gasteiger partial charge in [-0.3, -0.25) is 0 Å². The van der Waals surface area contributed by atoms with Crippen LogP contribution < -0.4 is 9.64 Å². The maximum Gasteiger partial charge on any atom is 0.269 e. The van der Waals surface area contributed by atoms with E-state index in [0.717, 1.165) is 11.3 Å². The summed E-state index contributed by atoms with van der Waals surface area (Å²) in [5, 5.41) is 0.236. The molecule has 0 aliphatic heterocycles. The summed E-state index contributed by atoms with van der Waals surface area (Å²) >= 11 is 6.69. The molecule has 0 bridgehead atoms. The summed E-state index contributed by atoms with van der Waals surface area (Å²) in [5.74, 6) is 1.56. The fraction of sp³-hybridized carbons (Fsp3) is 0.129. The maximum absolute atomic E-state index is 13.9. The van der Waals surface area contributed by atoms with E-state index in [0.29, 0.717) is 46.0 Å². The molecule has 6 rings (SSSR count). The lowest BCUT2D eigenvalue weighted by Crippen LogP contribution is -2.24. The number of nitrogens with zero attached hydrogens (tertiary/aromatic N) is 5. The molecule has 6 aromatic rings. The highest BCUT2D eigenvalue weighted by atomic mass is 35.5. The Labute approximate surface area is 242 Å². The number of fused-ring (bicyclic) bond motifs is 2. The number of para-hydroxylation sites is 4. The van der Waals surface area contributed by atoms with Crippen molar-refractivity contribution in [2.24, 2.45) is 0 Å². The number of imidazole rings is 1. The molecule has 0 radical (unpaired) electrons. The van der Waals surface area contributed by atoms with Gasteiger partial charge in [0.1, 0.15) is 11.6 Å². The lowest BCUT2D eigenvalue weighted by Gasteiger charge is -2.25. The smallest absolute Gasteiger partial charge is 0.269 e. The predicted molar refractivity (Wildman–Crippen MR) is 162 cm³/mol. The molecule has 0 fully saturated rings. The zero-order valence-corrected chi connectivity index (χ0v) is 24.0.